The van der Waals surface area contributed by atoms with Crippen LogP contribution < -0.4 is 10.2 Å². The maximum Gasteiger partial charge on any atom is 0.253 e. The van der Waals surface area contributed by atoms with Crippen molar-refractivity contribution >= 4 is 27.3 Å². The van der Waals surface area contributed by atoms with Crippen LogP contribution in [-0.2, 0) is 10.0 Å². The predicted molar refractivity (Wildman–Crippen MR) is 110 cm³/mol. The Labute approximate surface area is 166 Å². The molecule has 2 fully saturated rings. The van der Waals surface area contributed by atoms with Gasteiger partial charge in [-0.3, -0.25) is 4.79 Å². The summed E-state index contributed by atoms with van der Waals surface area (Å²) in [6.07, 6.45) is 7.67. The molecule has 4 rings (SSSR count). The lowest BCUT2D eigenvalue weighted by Gasteiger charge is -2.34. The molecule has 0 spiro atoms. The number of pyridine rings is 1. The van der Waals surface area contributed by atoms with Gasteiger partial charge in [0.05, 0.1) is 11.8 Å². The first kappa shape index (κ1) is 19.3. The molecule has 1 amide bonds. The standard InChI is InChI=1S/C20H28N4O3S/c1-15-13-17-7-8-19(22-9-11-23(12-10-22)28(2,26)27)24(17)14-18(15)20(25)21-16-5-3-4-6-16/h7-8,13-14,16H,3-6,9-12H2,1-2H3,(H,21,25). The number of hydrogen-bond acceptors (Lipinski definition) is 4. The Bertz CT molecular complexity index is 984. The molecule has 1 aliphatic heterocycles. The highest BCUT2D eigenvalue weighted by molar-refractivity contribution is 7.88. The van der Waals surface area contributed by atoms with Crippen molar-refractivity contribution in [1.29, 1.82) is 0 Å². The van der Waals surface area contributed by atoms with E-state index >= 15 is 0 Å². The number of amides is 1. The number of nitrogens with one attached hydrogen (secondary N) is 1. The third-order valence-corrected chi connectivity index (χ3v) is 7.25. The van der Waals surface area contributed by atoms with Crippen molar-refractivity contribution in [2.24, 2.45) is 0 Å². The van der Waals surface area contributed by atoms with E-state index < -0.39 is 10.0 Å². The number of sulfonamides is 1. The molecule has 7 nitrogen and oxygen atoms in total. The molecular weight excluding hydrogens is 376 g/mol. The van der Waals surface area contributed by atoms with E-state index in [2.05, 4.69) is 10.2 Å². The monoisotopic (exact) mass is 404 g/mol. The number of carbonyl (C=O) groups excluding carboxylic acids is 1. The Morgan fingerprint density at radius 1 is 1.11 bits per heavy atom. The lowest BCUT2D eigenvalue weighted by Crippen LogP contribution is -2.48. The first-order valence-corrected chi connectivity index (χ1v) is 11.8. The molecule has 2 aliphatic rings. The van der Waals surface area contributed by atoms with Gasteiger partial charge in [-0.05, 0) is 43.5 Å². The van der Waals surface area contributed by atoms with Crippen LogP contribution in [0.3, 0.4) is 0 Å². The summed E-state index contributed by atoms with van der Waals surface area (Å²) in [4.78, 5) is 15.0. The van der Waals surface area contributed by atoms with Crippen molar-refractivity contribution < 1.29 is 13.2 Å². The average molecular weight is 405 g/mol. The van der Waals surface area contributed by atoms with Gasteiger partial charge in [-0.2, -0.15) is 4.31 Å². The molecular formula is C20H28N4O3S. The quantitative estimate of drug-likeness (QED) is 0.846. The summed E-state index contributed by atoms with van der Waals surface area (Å²) in [7, 11) is -3.15. The van der Waals surface area contributed by atoms with Gasteiger partial charge < -0.3 is 14.6 Å². The van der Waals surface area contributed by atoms with Crippen molar-refractivity contribution in [3.8, 4) is 0 Å². The zero-order valence-electron chi connectivity index (χ0n) is 16.5. The van der Waals surface area contributed by atoms with Crippen LogP contribution >= 0.6 is 0 Å². The Morgan fingerprint density at radius 3 is 2.43 bits per heavy atom. The Kier molecular flexibility index (Phi) is 5.09. The van der Waals surface area contributed by atoms with E-state index in [0.717, 1.165) is 29.7 Å². The highest BCUT2D eigenvalue weighted by Gasteiger charge is 2.25. The van der Waals surface area contributed by atoms with Gasteiger partial charge >= 0.3 is 0 Å². The number of nitrogens with zero attached hydrogens (tertiary/aromatic N) is 3. The first-order chi connectivity index (χ1) is 13.3. The second-order valence-corrected chi connectivity index (χ2v) is 9.94. The molecule has 8 heteroatoms. The van der Waals surface area contributed by atoms with Gasteiger partial charge in [0.1, 0.15) is 5.82 Å². The van der Waals surface area contributed by atoms with Crippen molar-refractivity contribution in [2.75, 3.05) is 37.3 Å². The van der Waals surface area contributed by atoms with E-state index in [4.69, 9.17) is 0 Å². The summed E-state index contributed by atoms with van der Waals surface area (Å²) in [6.45, 7) is 4.20. The smallest absolute Gasteiger partial charge is 0.253 e. The zero-order valence-corrected chi connectivity index (χ0v) is 17.3. The summed E-state index contributed by atoms with van der Waals surface area (Å²) in [6, 6.07) is 6.42. The van der Waals surface area contributed by atoms with Crippen molar-refractivity contribution in [3.63, 3.8) is 0 Å². The van der Waals surface area contributed by atoms with Gasteiger partial charge in [-0.25, -0.2) is 8.42 Å². The Balaban J connectivity index is 1.58. The van der Waals surface area contributed by atoms with Crippen molar-refractivity contribution in [2.45, 2.75) is 38.6 Å². The first-order valence-electron chi connectivity index (χ1n) is 9.95. The predicted octanol–water partition coefficient (Wildman–Crippen LogP) is 2.00. The number of carbonyl (C=O) groups is 1. The van der Waals surface area contributed by atoms with Gasteiger partial charge in [0.25, 0.3) is 5.91 Å². The summed E-state index contributed by atoms with van der Waals surface area (Å²) in [5, 5.41) is 3.18. The minimum Gasteiger partial charge on any atom is -0.355 e. The van der Waals surface area contributed by atoms with E-state index in [0.29, 0.717) is 31.7 Å². The second kappa shape index (κ2) is 7.40. The van der Waals surface area contributed by atoms with Crippen LogP contribution in [-0.4, -0.2) is 61.5 Å². The highest BCUT2D eigenvalue weighted by atomic mass is 32.2. The van der Waals surface area contributed by atoms with Gasteiger partial charge in [0.2, 0.25) is 10.0 Å². The fourth-order valence-electron chi connectivity index (χ4n) is 4.32. The van der Waals surface area contributed by atoms with Crippen molar-refractivity contribution in [1.82, 2.24) is 14.0 Å². The zero-order chi connectivity index (χ0) is 19.9. The molecule has 0 aromatic carbocycles. The number of anilines is 1. The number of aryl methyl sites for hydroxylation is 1. The van der Waals surface area contributed by atoms with Gasteiger partial charge in [0, 0.05) is 43.9 Å². The van der Waals surface area contributed by atoms with Crippen LogP contribution in [0, 0.1) is 6.92 Å². The topological polar surface area (TPSA) is 74.1 Å². The molecule has 2 aromatic rings. The Hall–Kier alpha value is -2.06. The summed E-state index contributed by atoms with van der Waals surface area (Å²) < 4.78 is 27.1. The lowest BCUT2D eigenvalue weighted by molar-refractivity contribution is 0.0937. The summed E-state index contributed by atoms with van der Waals surface area (Å²) in [5.41, 5.74) is 2.71. The molecule has 0 atom stereocenters. The minimum absolute atomic E-state index is 0.00662. The van der Waals surface area contributed by atoms with Gasteiger partial charge in [-0.1, -0.05) is 12.8 Å². The third kappa shape index (κ3) is 3.75. The van der Waals surface area contributed by atoms with Crippen LogP contribution in [0.15, 0.2) is 24.4 Å². The molecule has 0 radical (unpaired) electrons. The third-order valence-electron chi connectivity index (χ3n) is 5.94. The molecule has 152 valence electrons. The molecule has 2 aromatic heterocycles. The molecule has 1 saturated carbocycles. The SMILES string of the molecule is Cc1cc2ccc(N3CCN(S(C)(=O)=O)CC3)n2cc1C(=O)NC1CCCC1. The fourth-order valence-corrected chi connectivity index (χ4v) is 5.15. The normalized spacial score (nSPS) is 19.4. The van der Waals surface area contributed by atoms with Crippen LogP contribution in [0.1, 0.15) is 41.6 Å². The molecule has 1 aliphatic carbocycles. The molecule has 28 heavy (non-hydrogen) atoms. The fraction of sp³-hybridized carbons (Fsp3) is 0.550. The maximum atomic E-state index is 12.8. The number of piperazine rings is 1. The molecule has 3 heterocycles. The average Bonchev–Trinajstić information content (AvgIpc) is 3.29. The second-order valence-electron chi connectivity index (χ2n) is 7.96. The van der Waals surface area contributed by atoms with Crippen LogP contribution in [0.4, 0.5) is 5.82 Å². The molecule has 1 saturated heterocycles. The van der Waals surface area contributed by atoms with E-state index in [1.807, 2.05) is 35.7 Å². The van der Waals surface area contributed by atoms with Crippen LogP contribution in [0.5, 0.6) is 0 Å². The highest BCUT2D eigenvalue weighted by Crippen LogP contribution is 2.25. The van der Waals surface area contributed by atoms with Crippen molar-refractivity contribution in [3.05, 3.63) is 35.5 Å². The van der Waals surface area contributed by atoms with Gasteiger partial charge in [-0.15, -0.1) is 0 Å². The van der Waals surface area contributed by atoms with E-state index in [1.54, 1.807) is 0 Å². The van der Waals surface area contributed by atoms with Crippen LogP contribution in [0.25, 0.3) is 5.52 Å². The maximum absolute atomic E-state index is 12.8. The van der Waals surface area contributed by atoms with Gasteiger partial charge in [0.15, 0.2) is 0 Å². The number of hydrogen-bond donors (Lipinski definition) is 1. The summed E-state index contributed by atoms with van der Waals surface area (Å²) >= 11 is 0. The number of fused-ring (bicyclic) bond motifs is 1. The largest absolute Gasteiger partial charge is 0.355 e. The molecule has 0 bridgehead atoms. The number of aromatic nitrogens is 1. The van der Waals surface area contributed by atoms with Crippen LogP contribution in [0.2, 0.25) is 0 Å². The lowest BCUT2D eigenvalue weighted by atomic mass is 10.1. The Morgan fingerprint density at radius 2 is 1.79 bits per heavy atom. The van der Waals surface area contributed by atoms with E-state index in [9.17, 15) is 13.2 Å². The minimum atomic E-state index is -3.15. The van der Waals surface area contributed by atoms with E-state index in [1.165, 1.54) is 23.4 Å². The molecule has 1 N–H and O–H groups in total. The number of rotatable bonds is 4. The molecule has 0 unspecified atom stereocenters. The van der Waals surface area contributed by atoms with E-state index in [-0.39, 0.29) is 11.9 Å². The summed E-state index contributed by atoms with van der Waals surface area (Å²) in [5.74, 6) is 0.992.